The van der Waals surface area contributed by atoms with Crippen LogP contribution in [0, 0.1) is 0 Å². The molecule has 2 N–H and O–H groups in total. The van der Waals surface area contributed by atoms with Crippen molar-refractivity contribution in [1.29, 1.82) is 0 Å². The molecule has 0 aliphatic carbocycles. The number of benzene rings is 3. The van der Waals surface area contributed by atoms with Crippen molar-refractivity contribution >= 4 is 51.9 Å². The number of aliphatic imine (C=N–C) groups is 2. The number of rotatable bonds is 9. The summed E-state index contributed by atoms with van der Waals surface area (Å²) in [5, 5.41) is 6.00. The number of amidine groups is 2. The lowest BCUT2D eigenvalue weighted by atomic mass is 10.1. The molecule has 1 unspecified atom stereocenters. The number of carbonyl (C=O) groups excluding carboxylic acids is 3. The highest BCUT2D eigenvalue weighted by Crippen LogP contribution is 2.34. The normalized spacial score (nSPS) is 15.4. The van der Waals surface area contributed by atoms with Gasteiger partial charge in [-0.2, -0.15) is 0 Å². The van der Waals surface area contributed by atoms with Gasteiger partial charge in [-0.25, -0.2) is 9.89 Å². The summed E-state index contributed by atoms with van der Waals surface area (Å²) in [6.07, 6.45) is -0.0953. The molecule has 2 aliphatic rings. The van der Waals surface area contributed by atoms with E-state index in [-0.39, 0.29) is 29.9 Å². The molecule has 3 aromatic rings. The second-order valence-corrected chi connectivity index (χ2v) is 9.87. The maximum Gasteiger partial charge on any atom is 0.259 e. The van der Waals surface area contributed by atoms with Crippen LogP contribution >= 0.6 is 11.8 Å². The van der Waals surface area contributed by atoms with Crippen molar-refractivity contribution in [3.63, 3.8) is 0 Å². The Kier molecular flexibility index (Phi) is 8.11. The fraction of sp³-hybridized carbons (Fsp3) is 0.207. The minimum atomic E-state index is -0.891. The number of hydrogen-bond donors (Lipinski definition) is 2. The molecule has 0 fully saturated rings. The van der Waals surface area contributed by atoms with Crippen molar-refractivity contribution in [3.05, 3.63) is 83.9 Å². The third kappa shape index (κ3) is 5.84. The summed E-state index contributed by atoms with van der Waals surface area (Å²) in [4.78, 5) is 49.7. The number of nitrogens with zero attached hydrogens (tertiary/aromatic N) is 3. The average molecular weight is 558 g/mol. The molecule has 3 aromatic carbocycles. The molecule has 10 nitrogen and oxygen atoms in total. The molecule has 0 saturated carbocycles. The lowest BCUT2D eigenvalue weighted by molar-refractivity contribution is -0.128. The number of carbonyl (C=O) groups is 3. The predicted molar refractivity (Wildman–Crippen MR) is 154 cm³/mol. The molecule has 2 heterocycles. The summed E-state index contributed by atoms with van der Waals surface area (Å²) in [7, 11) is 3.05. The second kappa shape index (κ2) is 12.0. The average Bonchev–Trinajstić information content (AvgIpc) is 3.31. The maximum atomic E-state index is 13.5. The second-order valence-electron chi connectivity index (χ2n) is 8.92. The molecular formula is C29H27N5O5S. The van der Waals surface area contributed by atoms with Crippen LogP contribution in [0.3, 0.4) is 0 Å². The quantitative estimate of drug-likeness (QED) is 0.414. The van der Waals surface area contributed by atoms with Crippen LogP contribution < -0.4 is 20.1 Å². The Morgan fingerprint density at radius 2 is 1.75 bits per heavy atom. The van der Waals surface area contributed by atoms with E-state index in [2.05, 4.69) is 20.6 Å². The van der Waals surface area contributed by atoms with Crippen LogP contribution in [-0.2, 0) is 20.9 Å². The van der Waals surface area contributed by atoms with Crippen molar-refractivity contribution < 1.29 is 23.9 Å². The first-order valence-electron chi connectivity index (χ1n) is 12.5. The number of ether oxygens (including phenoxy) is 2. The Balaban J connectivity index is 1.29. The zero-order chi connectivity index (χ0) is 28.1. The Bertz CT molecular complexity index is 1510. The largest absolute Gasteiger partial charge is 0.497 e. The fourth-order valence-corrected chi connectivity index (χ4v) is 5.11. The lowest BCUT2D eigenvalue weighted by Gasteiger charge is -2.25. The first-order valence-corrected chi connectivity index (χ1v) is 13.5. The zero-order valence-corrected chi connectivity index (χ0v) is 22.7. The van der Waals surface area contributed by atoms with E-state index in [9.17, 15) is 14.4 Å². The lowest BCUT2D eigenvalue weighted by Crippen LogP contribution is -2.42. The number of amides is 3. The van der Waals surface area contributed by atoms with Crippen LogP contribution in [0.4, 0.5) is 11.4 Å². The van der Waals surface area contributed by atoms with E-state index in [1.54, 1.807) is 18.2 Å². The molecule has 3 amide bonds. The first kappa shape index (κ1) is 26.9. The van der Waals surface area contributed by atoms with E-state index in [4.69, 9.17) is 9.47 Å². The molecule has 11 heteroatoms. The van der Waals surface area contributed by atoms with Gasteiger partial charge in [-0.1, -0.05) is 54.2 Å². The highest BCUT2D eigenvalue weighted by molar-refractivity contribution is 8.14. The van der Waals surface area contributed by atoms with E-state index < -0.39 is 6.04 Å². The third-order valence-electron chi connectivity index (χ3n) is 6.27. The molecule has 5 rings (SSSR count). The summed E-state index contributed by atoms with van der Waals surface area (Å²) >= 11 is 1.11. The molecule has 1 atom stereocenters. The van der Waals surface area contributed by atoms with Crippen LogP contribution in [-0.4, -0.2) is 59.6 Å². The predicted octanol–water partition coefficient (Wildman–Crippen LogP) is 3.74. The highest BCUT2D eigenvalue weighted by atomic mass is 32.2. The van der Waals surface area contributed by atoms with Gasteiger partial charge in [0.05, 0.1) is 37.8 Å². The van der Waals surface area contributed by atoms with E-state index >= 15 is 0 Å². The number of fused-ring (bicyclic) bond motifs is 3. The van der Waals surface area contributed by atoms with Crippen LogP contribution in [0.25, 0.3) is 0 Å². The smallest absolute Gasteiger partial charge is 0.259 e. The topological polar surface area (TPSA) is 122 Å². The molecule has 204 valence electrons. The van der Waals surface area contributed by atoms with E-state index in [1.165, 1.54) is 19.1 Å². The molecule has 0 aromatic heterocycles. The molecular weight excluding hydrogens is 530 g/mol. The molecule has 40 heavy (non-hydrogen) atoms. The Labute approximate surface area is 235 Å². The van der Waals surface area contributed by atoms with Gasteiger partial charge in [-0.3, -0.25) is 19.4 Å². The summed E-state index contributed by atoms with van der Waals surface area (Å²) in [6.45, 7) is 0.361. The monoisotopic (exact) mass is 557 g/mol. The van der Waals surface area contributed by atoms with Gasteiger partial charge in [0.25, 0.3) is 5.91 Å². The van der Waals surface area contributed by atoms with Crippen LogP contribution in [0.2, 0.25) is 0 Å². The van der Waals surface area contributed by atoms with Gasteiger partial charge in [-0.15, -0.1) is 0 Å². The molecule has 0 saturated heterocycles. The van der Waals surface area contributed by atoms with Gasteiger partial charge in [0.1, 0.15) is 23.4 Å². The molecule has 0 radical (unpaired) electrons. The Morgan fingerprint density at radius 3 is 2.52 bits per heavy atom. The number of methoxy groups -OCH3 is 2. The number of thioether (sulfide) groups is 1. The minimum absolute atomic E-state index is 0.0271. The van der Waals surface area contributed by atoms with E-state index in [0.717, 1.165) is 17.3 Å². The Morgan fingerprint density at radius 1 is 0.975 bits per heavy atom. The number of para-hydroxylation sites is 1. The summed E-state index contributed by atoms with van der Waals surface area (Å²) in [6, 6.07) is 21.1. The van der Waals surface area contributed by atoms with Gasteiger partial charge in [0.15, 0.2) is 5.17 Å². The molecule has 2 aliphatic heterocycles. The van der Waals surface area contributed by atoms with Crippen molar-refractivity contribution in [2.45, 2.75) is 19.0 Å². The van der Waals surface area contributed by atoms with Gasteiger partial charge >= 0.3 is 0 Å². The van der Waals surface area contributed by atoms with Crippen molar-refractivity contribution in [2.24, 2.45) is 9.98 Å². The summed E-state index contributed by atoms with van der Waals surface area (Å²) in [5.41, 5.74) is 2.75. The SMILES string of the molecule is COc1ccc(OC)c(NC(=O)CSC2=Nc3ccccc3C3=NC(CC(=O)NCc4ccccc4)C(=O)N23)c1. The summed E-state index contributed by atoms with van der Waals surface area (Å²) in [5.74, 6) is 0.493. The van der Waals surface area contributed by atoms with Crippen molar-refractivity contribution in [3.8, 4) is 11.5 Å². The number of nitrogens with one attached hydrogen (secondary N) is 2. The molecule has 0 bridgehead atoms. The summed E-state index contributed by atoms with van der Waals surface area (Å²) < 4.78 is 10.6. The molecule has 0 spiro atoms. The van der Waals surface area contributed by atoms with Gasteiger partial charge in [0.2, 0.25) is 11.8 Å². The van der Waals surface area contributed by atoms with E-state index in [1.807, 2.05) is 54.6 Å². The first-order chi connectivity index (χ1) is 19.5. The van der Waals surface area contributed by atoms with Gasteiger partial charge < -0.3 is 20.1 Å². The van der Waals surface area contributed by atoms with E-state index in [0.29, 0.717) is 46.0 Å². The van der Waals surface area contributed by atoms with Gasteiger partial charge in [-0.05, 0) is 29.8 Å². The minimum Gasteiger partial charge on any atom is -0.497 e. The zero-order valence-electron chi connectivity index (χ0n) is 21.9. The Hall–Kier alpha value is -4.64. The maximum absolute atomic E-state index is 13.5. The van der Waals surface area contributed by atoms with Gasteiger partial charge in [0, 0.05) is 18.2 Å². The fourth-order valence-electron chi connectivity index (χ4n) is 4.30. The van der Waals surface area contributed by atoms with Crippen LogP contribution in [0.1, 0.15) is 17.5 Å². The standard InChI is InChI=1S/C29H27N5O5S/c1-38-19-12-13-24(39-2)22(14-19)31-26(36)17-40-29-33-21-11-7-6-10-20(21)27-32-23(28(37)34(27)29)15-25(35)30-16-18-8-4-3-5-9-18/h3-14,23H,15-17H2,1-2H3,(H,30,35)(H,31,36). The van der Waals surface area contributed by atoms with Crippen molar-refractivity contribution in [2.75, 3.05) is 25.3 Å². The van der Waals surface area contributed by atoms with Crippen LogP contribution in [0.15, 0.2) is 82.8 Å². The number of hydrogen-bond acceptors (Lipinski definition) is 8. The highest BCUT2D eigenvalue weighted by Gasteiger charge is 2.42. The number of anilines is 1. The van der Waals surface area contributed by atoms with Crippen molar-refractivity contribution in [1.82, 2.24) is 10.2 Å². The third-order valence-corrected chi connectivity index (χ3v) is 7.21. The van der Waals surface area contributed by atoms with Crippen LogP contribution in [0.5, 0.6) is 11.5 Å².